The van der Waals surface area contributed by atoms with Gasteiger partial charge in [-0.1, -0.05) is 30.3 Å². The molecule has 0 atom stereocenters. The molecule has 6 nitrogen and oxygen atoms in total. The van der Waals surface area contributed by atoms with E-state index in [9.17, 15) is 9.59 Å². The molecular formula is C21H20N4O2. The zero-order valence-corrected chi connectivity index (χ0v) is 15.0. The van der Waals surface area contributed by atoms with Crippen molar-refractivity contribution in [2.75, 3.05) is 6.54 Å². The first kappa shape index (κ1) is 17.0. The van der Waals surface area contributed by atoms with E-state index in [0.29, 0.717) is 36.1 Å². The highest BCUT2D eigenvalue weighted by molar-refractivity contribution is 5.90. The molecule has 3 N–H and O–H groups in total. The molecule has 136 valence electrons. The third kappa shape index (κ3) is 3.46. The topological polar surface area (TPSA) is 90.6 Å². The predicted molar refractivity (Wildman–Crippen MR) is 106 cm³/mol. The Bertz CT molecular complexity index is 1190. The van der Waals surface area contributed by atoms with E-state index < -0.39 is 0 Å². The number of hydrogen-bond donors (Lipinski definition) is 3. The van der Waals surface area contributed by atoms with Crippen molar-refractivity contribution in [1.82, 2.24) is 20.3 Å². The third-order valence-electron chi connectivity index (χ3n) is 4.71. The number of H-pyrrole nitrogens is 2. The van der Waals surface area contributed by atoms with E-state index >= 15 is 0 Å². The standard InChI is InChI=1S/C21H20N4O2/c1-13-16(14-6-2-4-8-17(14)23-13)12-20(26)22-11-10-19-24-18-9-5-3-7-15(18)21(27)25-19/h2-9,23H,10-12H2,1H3,(H,22,26)(H,24,25,27). The Hall–Kier alpha value is -3.41. The summed E-state index contributed by atoms with van der Waals surface area (Å²) in [5, 5.41) is 4.56. The average Bonchev–Trinajstić information content (AvgIpc) is 2.97. The van der Waals surface area contributed by atoms with Gasteiger partial charge in [0.15, 0.2) is 0 Å². The highest BCUT2D eigenvalue weighted by Gasteiger charge is 2.12. The van der Waals surface area contributed by atoms with Crippen molar-refractivity contribution in [1.29, 1.82) is 0 Å². The number of aryl methyl sites for hydroxylation is 1. The fourth-order valence-corrected chi connectivity index (χ4v) is 3.36. The van der Waals surface area contributed by atoms with Crippen molar-refractivity contribution in [2.45, 2.75) is 19.8 Å². The molecule has 6 heteroatoms. The quantitative estimate of drug-likeness (QED) is 0.511. The summed E-state index contributed by atoms with van der Waals surface area (Å²) in [6.07, 6.45) is 0.788. The Kier molecular flexibility index (Phi) is 4.46. The number of carbonyl (C=O) groups is 1. The molecule has 0 aliphatic heterocycles. The second-order valence-electron chi connectivity index (χ2n) is 6.58. The predicted octanol–water partition coefficient (Wildman–Crippen LogP) is 2.61. The van der Waals surface area contributed by atoms with E-state index in [0.717, 1.165) is 22.2 Å². The molecule has 2 aromatic carbocycles. The normalized spacial score (nSPS) is 11.1. The molecule has 4 rings (SSSR count). The van der Waals surface area contributed by atoms with Crippen LogP contribution in [0.4, 0.5) is 0 Å². The molecule has 27 heavy (non-hydrogen) atoms. The second kappa shape index (κ2) is 7.07. The van der Waals surface area contributed by atoms with E-state index in [4.69, 9.17) is 0 Å². The summed E-state index contributed by atoms with van der Waals surface area (Å²) in [5.74, 6) is 0.522. The zero-order valence-electron chi connectivity index (χ0n) is 15.0. The minimum Gasteiger partial charge on any atom is -0.358 e. The summed E-state index contributed by atoms with van der Waals surface area (Å²) in [6, 6.07) is 15.2. The summed E-state index contributed by atoms with van der Waals surface area (Å²) < 4.78 is 0. The van der Waals surface area contributed by atoms with E-state index in [1.165, 1.54) is 0 Å². The summed E-state index contributed by atoms with van der Waals surface area (Å²) in [5.41, 5.74) is 3.57. The van der Waals surface area contributed by atoms with Gasteiger partial charge in [0.25, 0.3) is 5.56 Å². The number of nitrogens with one attached hydrogen (secondary N) is 3. The lowest BCUT2D eigenvalue weighted by Crippen LogP contribution is -2.28. The van der Waals surface area contributed by atoms with Crippen molar-refractivity contribution in [3.05, 3.63) is 76.0 Å². The molecule has 0 saturated heterocycles. The van der Waals surface area contributed by atoms with Crippen LogP contribution in [0.3, 0.4) is 0 Å². The van der Waals surface area contributed by atoms with Gasteiger partial charge in [-0.3, -0.25) is 9.59 Å². The van der Waals surface area contributed by atoms with Gasteiger partial charge in [-0.15, -0.1) is 0 Å². The van der Waals surface area contributed by atoms with Gasteiger partial charge in [0, 0.05) is 29.6 Å². The van der Waals surface area contributed by atoms with Crippen LogP contribution in [0.25, 0.3) is 21.8 Å². The summed E-state index contributed by atoms with van der Waals surface area (Å²) >= 11 is 0. The van der Waals surface area contributed by atoms with Crippen LogP contribution in [-0.4, -0.2) is 27.4 Å². The SMILES string of the molecule is Cc1[nH]c2ccccc2c1CC(=O)NCCc1nc2ccccc2c(=O)[nH]1. The maximum atomic E-state index is 12.4. The molecule has 2 aromatic heterocycles. The van der Waals surface area contributed by atoms with Crippen LogP contribution < -0.4 is 10.9 Å². The monoisotopic (exact) mass is 360 g/mol. The zero-order chi connectivity index (χ0) is 18.8. The Morgan fingerprint density at radius 1 is 1.04 bits per heavy atom. The first-order valence-corrected chi connectivity index (χ1v) is 8.92. The van der Waals surface area contributed by atoms with E-state index in [1.807, 2.05) is 49.4 Å². The fourth-order valence-electron chi connectivity index (χ4n) is 3.36. The maximum Gasteiger partial charge on any atom is 0.258 e. The van der Waals surface area contributed by atoms with E-state index in [2.05, 4.69) is 20.3 Å². The van der Waals surface area contributed by atoms with Gasteiger partial charge < -0.3 is 15.3 Å². The van der Waals surface area contributed by atoms with Crippen LogP contribution in [0.5, 0.6) is 0 Å². The van der Waals surface area contributed by atoms with Gasteiger partial charge in [-0.2, -0.15) is 0 Å². The van der Waals surface area contributed by atoms with Gasteiger partial charge in [-0.05, 0) is 30.7 Å². The molecule has 1 amide bonds. The average molecular weight is 360 g/mol. The largest absolute Gasteiger partial charge is 0.358 e. The summed E-state index contributed by atoms with van der Waals surface area (Å²) in [7, 11) is 0. The Morgan fingerprint density at radius 3 is 2.63 bits per heavy atom. The minimum absolute atomic E-state index is 0.0500. The van der Waals surface area contributed by atoms with Crippen LogP contribution in [0.1, 0.15) is 17.1 Å². The van der Waals surface area contributed by atoms with Crippen LogP contribution in [0.15, 0.2) is 53.3 Å². The van der Waals surface area contributed by atoms with Gasteiger partial charge in [-0.25, -0.2) is 4.98 Å². The molecule has 0 fully saturated rings. The smallest absolute Gasteiger partial charge is 0.258 e. The molecule has 0 radical (unpaired) electrons. The van der Waals surface area contributed by atoms with Crippen LogP contribution >= 0.6 is 0 Å². The molecule has 0 aliphatic rings. The number of para-hydroxylation sites is 2. The number of nitrogens with zero attached hydrogens (tertiary/aromatic N) is 1. The van der Waals surface area contributed by atoms with Gasteiger partial charge in [0.2, 0.25) is 5.91 Å². The third-order valence-corrected chi connectivity index (χ3v) is 4.71. The fraction of sp³-hybridized carbons (Fsp3) is 0.190. The minimum atomic E-state index is -0.156. The number of carbonyl (C=O) groups excluding carboxylic acids is 1. The number of hydrogen-bond acceptors (Lipinski definition) is 3. The van der Waals surface area contributed by atoms with Crippen molar-refractivity contribution in [3.8, 4) is 0 Å². The first-order valence-electron chi connectivity index (χ1n) is 8.92. The molecule has 0 bridgehead atoms. The van der Waals surface area contributed by atoms with Gasteiger partial charge >= 0.3 is 0 Å². The molecule has 2 heterocycles. The van der Waals surface area contributed by atoms with Crippen molar-refractivity contribution in [2.24, 2.45) is 0 Å². The molecule has 0 unspecified atom stereocenters. The Labute approximate surface area is 155 Å². The number of aromatic nitrogens is 3. The lowest BCUT2D eigenvalue weighted by atomic mass is 10.1. The molecule has 4 aromatic rings. The highest BCUT2D eigenvalue weighted by atomic mass is 16.1. The van der Waals surface area contributed by atoms with Crippen LogP contribution in [0.2, 0.25) is 0 Å². The summed E-state index contributed by atoms with van der Waals surface area (Å²) in [6.45, 7) is 2.40. The lowest BCUT2D eigenvalue weighted by Gasteiger charge is -2.06. The van der Waals surface area contributed by atoms with Crippen LogP contribution in [-0.2, 0) is 17.6 Å². The van der Waals surface area contributed by atoms with E-state index in [-0.39, 0.29) is 11.5 Å². The maximum absolute atomic E-state index is 12.4. The number of fused-ring (bicyclic) bond motifs is 2. The highest BCUT2D eigenvalue weighted by Crippen LogP contribution is 2.22. The second-order valence-corrected chi connectivity index (χ2v) is 6.58. The van der Waals surface area contributed by atoms with Crippen LogP contribution in [0, 0.1) is 6.92 Å². The molecule has 0 saturated carbocycles. The molecule has 0 spiro atoms. The molecular weight excluding hydrogens is 340 g/mol. The van der Waals surface area contributed by atoms with Crippen molar-refractivity contribution < 1.29 is 4.79 Å². The Morgan fingerprint density at radius 2 is 1.78 bits per heavy atom. The van der Waals surface area contributed by atoms with Gasteiger partial charge in [0.1, 0.15) is 5.82 Å². The summed E-state index contributed by atoms with van der Waals surface area (Å²) in [4.78, 5) is 35.0. The number of benzene rings is 2. The first-order chi connectivity index (χ1) is 13.1. The molecule has 0 aliphatic carbocycles. The lowest BCUT2D eigenvalue weighted by molar-refractivity contribution is -0.120. The van der Waals surface area contributed by atoms with E-state index in [1.54, 1.807) is 6.07 Å². The number of rotatable bonds is 5. The van der Waals surface area contributed by atoms with Crippen molar-refractivity contribution >= 4 is 27.7 Å². The number of amides is 1. The number of aromatic amines is 2. The Balaban J connectivity index is 1.41. The van der Waals surface area contributed by atoms with Crippen molar-refractivity contribution in [3.63, 3.8) is 0 Å². The van der Waals surface area contributed by atoms with Gasteiger partial charge in [0.05, 0.1) is 17.3 Å².